The number of ether oxygens (including phenoxy) is 3. The number of hydrogen-bond donors (Lipinski definition) is 0. The second-order valence-corrected chi connectivity index (χ2v) is 4.51. The van der Waals surface area contributed by atoms with E-state index in [0.29, 0.717) is 6.47 Å². The van der Waals surface area contributed by atoms with Gasteiger partial charge in [-0.1, -0.05) is 0 Å². The third kappa shape index (κ3) is 2.95. The molecule has 0 N–H and O–H groups in total. The van der Waals surface area contributed by atoms with Crippen molar-refractivity contribution in [1.82, 2.24) is 0 Å². The van der Waals surface area contributed by atoms with Crippen LogP contribution in [-0.2, 0) is 19.0 Å². The van der Waals surface area contributed by atoms with Crippen LogP contribution >= 0.6 is 0 Å². The average molecular weight is 228 g/mol. The minimum absolute atomic E-state index is 0.0297. The van der Waals surface area contributed by atoms with E-state index in [1.54, 1.807) is 0 Å². The van der Waals surface area contributed by atoms with E-state index < -0.39 is 0 Å². The highest BCUT2D eigenvalue weighted by atomic mass is 16.6. The van der Waals surface area contributed by atoms with Gasteiger partial charge in [0.1, 0.15) is 0 Å². The van der Waals surface area contributed by atoms with E-state index >= 15 is 0 Å². The molecule has 0 amide bonds. The Balaban J connectivity index is 1.93. The second kappa shape index (κ2) is 6.21. The van der Waals surface area contributed by atoms with Gasteiger partial charge in [-0.3, -0.25) is 4.79 Å². The maximum atomic E-state index is 10.6. The zero-order valence-corrected chi connectivity index (χ0v) is 9.60. The lowest BCUT2D eigenvalue weighted by molar-refractivity contribution is -0.169. The van der Waals surface area contributed by atoms with Crippen LogP contribution in [0.25, 0.3) is 0 Å². The molecule has 0 bridgehead atoms. The lowest BCUT2D eigenvalue weighted by atomic mass is 9.95. The van der Waals surface area contributed by atoms with Crippen molar-refractivity contribution in [2.24, 2.45) is 0 Å². The van der Waals surface area contributed by atoms with E-state index in [9.17, 15) is 4.79 Å². The fraction of sp³-hybridized carbons (Fsp3) is 0.917. The maximum Gasteiger partial charge on any atom is 0.293 e. The second-order valence-electron chi connectivity index (χ2n) is 4.51. The highest BCUT2D eigenvalue weighted by Gasteiger charge is 2.34. The van der Waals surface area contributed by atoms with Crippen LogP contribution < -0.4 is 0 Å². The van der Waals surface area contributed by atoms with Gasteiger partial charge in [-0.15, -0.1) is 0 Å². The molecule has 0 aromatic heterocycles. The monoisotopic (exact) mass is 228 g/mol. The largest absolute Gasteiger partial charge is 0.459 e. The van der Waals surface area contributed by atoms with Gasteiger partial charge in [0, 0.05) is 13.2 Å². The summed E-state index contributed by atoms with van der Waals surface area (Å²) >= 11 is 0. The van der Waals surface area contributed by atoms with Crippen LogP contribution in [0, 0.1) is 0 Å². The highest BCUT2D eigenvalue weighted by Crippen LogP contribution is 2.25. The van der Waals surface area contributed by atoms with Crippen LogP contribution in [0.3, 0.4) is 0 Å². The summed E-state index contributed by atoms with van der Waals surface area (Å²) in [4.78, 5) is 10.6. The summed E-state index contributed by atoms with van der Waals surface area (Å²) in [6.45, 7) is 2.08. The molecule has 0 radical (unpaired) electrons. The standard InChI is InChI=1S/C12H20O4/c13-9-16-12(10-5-1-3-7-14-10)11-6-2-4-8-15-11/h9-12H,1-8H2. The number of hydrogen-bond acceptors (Lipinski definition) is 4. The lowest BCUT2D eigenvalue weighted by Gasteiger charge is -2.35. The zero-order chi connectivity index (χ0) is 11.2. The minimum atomic E-state index is -0.210. The quantitative estimate of drug-likeness (QED) is 0.686. The molecule has 4 heteroatoms. The van der Waals surface area contributed by atoms with Gasteiger partial charge in [0.2, 0.25) is 0 Å². The number of carbonyl (C=O) groups excluding carboxylic acids is 1. The van der Waals surface area contributed by atoms with E-state index in [1.165, 1.54) is 0 Å². The van der Waals surface area contributed by atoms with Crippen molar-refractivity contribution in [3.8, 4) is 0 Å². The van der Waals surface area contributed by atoms with Gasteiger partial charge in [-0.05, 0) is 38.5 Å². The van der Waals surface area contributed by atoms with Crippen LogP contribution in [0.15, 0.2) is 0 Å². The van der Waals surface area contributed by atoms with E-state index in [2.05, 4.69) is 0 Å². The van der Waals surface area contributed by atoms with Gasteiger partial charge in [-0.25, -0.2) is 0 Å². The van der Waals surface area contributed by atoms with Crippen LogP contribution in [-0.4, -0.2) is 38.0 Å². The molecule has 0 aromatic carbocycles. The van der Waals surface area contributed by atoms with Crippen LogP contribution in [0.4, 0.5) is 0 Å². The summed E-state index contributed by atoms with van der Waals surface area (Å²) in [6.07, 6.45) is 6.30. The molecule has 2 unspecified atom stereocenters. The Hall–Kier alpha value is -0.610. The third-order valence-electron chi connectivity index (χ3n) is 3.38. The van der Waals surface area contributed by atoms with Crippen LogP contribution in [0.1, 0.15) is 38.5 Å². The predicted molar refractivity (Wildman–Crippen MR) is 58.1 cm³/mol. The van der Waals surface area contributed by atoms with Gasteiger partial charge in [0.25, 0.3) is 6.47 Å². The first-order chi connectivity index (χ1) is 7.92. The van der Waals surface area contributed by atoms with Crippen molar-refractivity contribution in [2.45, 2.75) is 56.8 Å². The molecule has 16 heavy (non-hydrogen) atoms. The Morgan fingerprint density at radius 3 is 1.94 bits per heavy atom. The average Bonchev–Trinajstić information content (AvgIpc) is 2.38. The van der Waals surface area contributed by atoms with E-state index in [4.69, 9.17) is 14.2 Å². The molecule has 2 aliphatic rings. The molecule has 2 aliphatic heterocycles. The van der Waals surface area contributed by atoms with Crippen LogP contribution in [0.5, 0.6) is 0 Å². The van der Waals surface area contributed by atoms with Crippen LogP contribution in [0.2, 0.25) is 0 Å². The zero-order valence-electron chi connectivity index (χ0n) is 9.60. The maximum absolute atomic E-state index is 10.6. The van der Waals surface area contributed by atoms with E-state index in [0.717, 1.165) is 51.7 Å². The molecule has 2 heterocycles. The van der Waals surface area contributed by atoms with E-state index in [1.807, 2.05) is 0 Å². The van der Waals surface area contributed by atoms with Gasteiger partial charge >= 0.3 is 0 Å². The van der Waals surface area contributed by atoms with Crippen molar-refractivity contribution in [2.75, 3.05) is 13.2 Å². The van der Waals surface area contributed by atoms with Gasteiger partial charge in [-0.2, -0.15) is 0 Å². The third-order valence-corrected chi connectivity index (χ3v) is 3.38. The minimum Gasteiger partial charge on any atom is -0.459 e. The summed E-state index contributed by atoms with van der Waals surface area (Å²) in [5.74, 6) is 0. The highest BCUT2D eigenvalue weighted by molar-refractivity contribution is 5.37. The van der Waals surface area contributed by atoms with Crippen molar-refractivity contribution < 1.29 is 19.0 Å². The Morgan fingerprint density at radius 1 is 1.00 bits per heavy atom. The molecule has 4 nitrogen and oxygen atoms in total. The topological polar surface area (TPSA) is 44.8 Å². The Bertz CT molecular complexity index is 189. The van der Waals surface area contributed by atoms with Crippen molar-refractivity contribution in [1.29, 1.82) is 0 Å². The first-order valence-corrected chi connectivity index (χ1v) is 6.24. The van der Waals surface area contributed by atoms with Crippen molar-refractivity contribution in [3.05, 3.63) is 0 Å². The fourth-order valence-corrected chi connectivity index (χ4v) is 2.53. The molecular weight excluding hydrogens is 208 g/mol. The molecule has 2 saturated heterocycles. The molecule has 0 aliphatic carbocycles. The lowest BCUT2D eigenvalue weighted by Crippen LogP contribution is -2.45. The molecule has 0 saturated carbocycles. The number of rotatable bonds is 4. The number of carbonyl (C=O) groups is 1. The first-order valence-electron chi connectivity index (χ1n) is 6.24. The fourth-order valence-electron chi connectivity index (χ4n) is 2.53. The molecule has 92 valence electrons. The summed E-state index contributed by atoms with van der Waals surface area (Å²) in [5.41, 5.74) is 0. The normalized spacial score (nSPS) is 33.0. The smallest absolute Gasteiger partial charge is 0.293 e. The molecule has 0 aromatic rings. The molecule has 2 fully saturated rings. The van der Waals surface area contributed by atoms with Gasteiger partial charge in [0.05, 0.1) is 12.2 Å². The molecule has 2 rings (SSSR count). The van der Waals surface area contributed by atoms with Crippen molar-refractivity contribution >= 4 is 6.47 Å². The summed E-state index contributed by atoms with van der Waals surface area (Å²) in [6, 6.07) is 0. The van der Waals surface area contributed by atoms with Gasteiger partial charge < -0.3 is 14.2 Å². The van der Waals surface area contributed by atoms with Gasteiger partial charge in [0.15, 0.2) is 6.10 Å². The summed E-state index contributed by atoms with van der Waals surface area (Å²) in [7, 11) is 0. The SMILES string of the molecule is O=COC(C1CCCCO1)C1CCCCO1. The summed E-state index contributed by atoms with van der Waals surface area (Å²) in [5, 5.41) is 0. The molecule has 0 spiro atoms. The van der Waals surface area contributed by atoms with E-state index in [-0.39, 0.29) is 18.3 Å². The molecular formula is C12H20O4. The summed E-state index contributed by atoms with van der Waals surface area (Å²) < 4.78 is 16.6. The Morgan fingerprint density at radius 2 is 1.56 bits per heavy atom. The first kappa shape index (κ1) is 11.9. The molecule has 2 atom stereocenters. The Labute approximate surface area is 96.2 Å². The predicted octanol–water partition coefficient (Wildman–Crippen LogP) is 1.67. The Kier molecular flexibility index (Phi) is 4.60. The van der Waals surface area contributed by atoms with Crippen molar-refractivity contribution in [3.63, 3.8) is 0 Å².